The van der Waals surface area contributed by atoms with Gasteiger partial charge in [-0.05, 0) is 30.5 Å². The molecule has 4 heterocycles. The fourth-order valence-electron chi connectivity index (χ4n) is 3.42. The van der Waals surface area contributed by atoms with Gasteiger partial charge in [0.05, 0.1) is 10.4 Å². The Labute approximate surface area is 156 Å². The SMILES string of the molecule is Cc1cn2c(=O)c3c(nc2s1)OC(c1ccc(F)cc1)(c1cccs1)C3. The van der Waals surface area contributed by atoms with Gasteiger partial charge in [-0.2, -0.15) is 4.98 Å². The molecule has 130 valence electrons. The molecule has 1 atom stereocenters. The van der Waals surface area contributed by atoms with Crippen molar-refractivity contribution >= 4 is 27.6 Å². The van der Waals surface area contributed by atoms with E-state index in [1.807, 2.05) is 24.4 Å². The Hall–Kier alpha value is -2.51. The van der Waals surface area contributed by atoms with E-state index in [0.717, 1.165) is 15.3 Å². The molecular formula is C19H13FN2O2S2. The average Bonchev–Trinajstić information content (AvgIpc) is 3.34. The van der Waals surface area contributed by atoms with Crippen LogP contribution in [-0.2, 0) is 12.0 Å². The van der Waals surface area contributed by atoms with Crippen LogP contribution in [0.4, 0.5) is 4.39 Å². The molecule has 5 rings (SSSR count). The van der Waals surface area contributed by atoms with Crippen LogP contribution >= 0.6 is 22.7 Å². The Kier molecular flexibility index (Phi) is 3.32. The Balaban J connectivity index is 1.74. The molecule has 1 aromatic carbocycles. The van der Waals surface area contributed by atoms with Crippen molar-refractivity contribution in [2.45, 2.75) is 18.9 Å². The topological polar surface area (TPSA) is 43.6 Å². The first-order valence-corrected chi connectivity index (χ1v) is 9.77. The molecule has 4 aromatic rings. The van der Waals surface area contributed by atoms with Crippen LogP contribution in [0.2, 0.25) is 0 Å². The molecule has 0 bridgehead atoms. The van der Waals surface area contributed by atoms with Crippen molar-refractivity contribution < 1.29 is 9.13 Å². The number of aromatic nitrogens is 2. The molecule has 0 saturated carbocycles. The second-order valence-corrected chi connectivity index (χ2v) is 8.45. The lowest BCUT2D eigenvalue weighted by Crippen LogP contribution is -2.32. The highest BCUT2D eigenvalue weighted by molar-refractivity contribution is 7.16. The Morgan fingerprint density at radius 1 is 1.27 bits per heavy atom. The van der Waals surface area contributed by atoms with Gasteiger partial charge in [0.1, 0.15) is 5.82 Å². The van der Waals surface area contributed by atoms with Crippen molar-refractivity contribution in [1.29, 1.82) is 0 Å². The summed E-state index contributed by atoms with van der Waals surface area (Å²) in [6.07, 6.45) is 2.18. The number of thiazole rings is 1. The van der Waals surface area contributed by atoms with Crippen molar-refractivity contribution in [3.8, 4) is 5.88 Å². The number of nitrogens with zero attached hydrogens (tertiary/aromatic N) is 2. The van der Waals surface area contributed by atoms with Gasteiger partial charge in [0, 0.05) is 23.1 Å². The number of halogens is 1. The lowest BCUT2D eigenvalue weighted by Gasteiger charge is -2.28. The van der Waals surface area contributed by atoms with Crippen molar-refractivity contribution in [2.24, 2.45) is 0 Å². The lowest BCUT2D eigenvalue weighted by molar-refractivity contribution is 0.139. The summed E-state index contributed by atoms with van der Waals surface area (Å²) in [5.74, 6) is 0.0642. The molecular weight excluding hydrogens is 371 g/mol. The van der Waals surface area contributed by atoms with Crippen molar-refractivity contribution in [2.75, 3.05) is 0 Å². The quantitative estimate of drug-likeness (QED) is 0.522. The van der Waals surface area contributed by atoms with Gasteiger partial charge in [-0.3, -0.25) is 9.20 Å². The van der Waals surface area contributed by atoms with E-state index in [9.17, 15) is 9.18 Å². The van der Waals surface area contributed by atoms with Gasteiger partial charge in [-0.15, -0.1) is 22.7 Å². The first kappa shape index (κ1) is 15.7. The zero-order valence-corrected chi connectivity index (χ0v) is 15.4. The minimum absolute atomic E-state index is 0.102. The van der Waals surface area contributed by atoms with Crippen molar-refractivity contribution in [3.63, 3.8) is 0 Å². The van der Waals surface area contributed by atoms with E-state index in [-0.39, 0.29) is 11.4 Å². The molecule has 0 amide bonds. The predicted octanol–water partition coefficient (Wildman–Crippen LogP) is 4.14. The van der Waals surface area contributed by atoms with E-state index in [0.29, 0.717) is 22.8 Å². The molecule has 1 aliphatic heterocycles. The molecule has 0 radical (unpaired) electrons. The first-order valence-electron chi connectivity index (χ1n) is 8.07. The van der Waals surface area contributed by atoms with Crippen LogP contribution in [0.5, 0.6) is 5.88 Å². The van der Waals surface area contributed by atoms with Gasteiger partial charge in [-0.25, -0.2) is 4.39 Å². The fourth-order valence-corrected chi connectivity index (χ4v) is 5.12. The predicted molar refractivity (Wildman–Crippen MR) is 99.9 cm³/mol. The number of ether oxygens (including phenoxy) is 1. The van der Waals surface area contributed by atoms with Crippen LogP contribution in [0.25, 0.3) is 4.96 Å². The van der Waals surface area contributed by atoms with Crippen molar-refractivity contribution in [3.05, 3.63) is 85.0 Å². The maximum absolute atomic E-state index is 13.5. The Morgan fingerprint density at radius 2 is 2.08 bits per heavy atom. The highest BCUT2D eigenvalue weighted by Crippen LogP contribution is 2.45. The summed E-state index contributed by atoms with van der Waals surface area (Å²) in [6.45, 7) is 1.94. The smallest absolute Gasteiger partial charge is 0.265 e. The van der Waals surface area contributed by atoms with E-state index in [4.69, 9.17) is 4.74 Å². The van der Waals surface area contributed by atoms with Crippen LogP contribution in [0.3, 0.4) is 0 Å². The van der Waals surface area contributed by atoms with Crippen LogP contribution < -0.4 is 10.3 Å². The zero-order chi connectivity index (χ0) is 17.9. The molecule has 4 nitrogen and oxygen atoms in total. The molecule has 0 aliphatic carbocycles. The van der Waals surface area contributed by atoms with Gasteiger partial charge in [-0.1, -0.05) is 18.2 Å². The summed E-state index contributed by atoms with van der Waals surface area (Å²) in [4.78, 5) is 20.1. The van der Waals surface area contributed by atoms with E-state index in [2.05, 4.69) is 4.98 Å². The molecule has 0 saturated heterocycles. The number of fused-ring (bicyclic) bond motifs is 2. The van der Waals surface area contributed by atoms with E-state index in [1.54, 1.807) is 34.1 Å². The number of rotatable bonds is 2. The number of benzene rings is 1. The first-order chi connectivity index (χ1) is 12.6. The van der Waals surface area contributed by atoms with Gasteiger partial charge in [0.15, 0.2) is 10.6 Å². The fraction of sp³-hybridized carbons (Fsp3) is 0.158. The molecule has 3 aromatic heterocycles. The normalized spacial score (nSPS) is 18.8. The van der Waals surface area contributed by atoms with Gasteiger partial charge in [0.25, 0.3) is 5.56 Å². The number of hydrogen-bond donors (Lipinski definition) is 0. The number of hydrogen-bond acceptors (Lipinski definition) is 5. The highest BCUT2D eigenvalue weighted by Gasteiger charge is 2.46. The largest absolute Gasteiger partial charge is 0.460 e. The van der Waals surface area contributed by atoms with Crippen molar-refractivity contribution in [1.82, 2.24) is 9.38 Å². The molecule has 0 fully saturated rings. The third-order valence-electron chi connectivity index (χ3n) is 4.63. The van der Waals surface area contributed by atoms with Crippen LogP contribution in [0, 0.1) is 12.7 Å². The second kappa shape index (κ2) is 5.49. The summed E-state index contributed by atoms with van der Waals surface area (Å²) in [5, 5.41) is 1.97. The summed E-state index contributed by atoms with van der Waals surface area (Å²) >= 11 is 3.00. The van der Waals surface area contributed by atoms with Crippen LogP contribution in [0.15, 0.2) is 52.8 Å². The molecule has 1 aliphatic rings. The van der Waals surface area contributed by atoms with E-state index < -0.39 is 5.60 Å². The van der Waals surface area contributed by atoms with Gasteiger partial charge in [0.2, 0.25) is 5.88 Å². The average molecular weight is 384 g/mol. The second-order valence-electron chi connectivity index (χ2n) is 6.29. The maximum Gasteiger partial charge on any atom is 0.265 e. The van der Waals surface area contributed by atoms with Crippen LogP contribution in [0.1, 0.15) is 20.9 Å². The zero-order valence-electron chi connectivity index (χ0n) is 13.7. The van der Waals surface area contributed by atoms with Gasteiger partial charge >= 0.3 is 0 Å². The van der Waals surface area contributed by atoms with Crippen LogP contribution in [-0.4, -0.2) is 9.38 Å². The highest BCUT2D eigenvalue weighted by atomic mass is 32.1. The summed E-state index contributed by atoms with van der Waals surface area (Å²) in [7, 11) is 0. The minimum Gasteiger partial charge on any atom is -0.460 e. The number of thiophene rings is 1. The monoisotopic (exact) mass is 384 g/mol. The molecule has 1 unspecified atom stereocenters. The maximum atomic E-state index is 13.5. The summed E-state index contributed by atoms with van der Waals surface area (Å²) in [5.41, 5.74) is 0.409. The summed E-state index contributed by atoms with van der Waals surface area (Å²) in [6, 6.07) is 10.2. The standard InChI is InChI=1S/C19H13FN2O2S2/c1-11-10-22-17(23)14-9-19(15-3-2-8-25-15,12-4-6-13(20)7-5-12)24-16(14)21-18(22)26-11/h2-8,10H,9H2,1H3. The van der Waals surface area contributed by atoms with Gasteiger partial charge < -0.3 is 4.74 Å². The minimum atomic E-state index is -0.852. The third-order valence-corrected chi connectivity index (χ3v) is 6.54. The summed E-state index contributed by atoms with van der Waals surface area (Å²) < 4.78 is 21.4. The van der Waals surface area contributed by atoms with E-state index >= 15 is 0 Å². The molecule has 7 heteroatoms. The van der Waals surface area contributed by atoms with E-state index in [1.165, 1.54) is 23.5 Å². The Bertz CT molecular complexity index is 1180. The third kappa shape index (κ3) is 2.17. The molecule has 0 spiro atoms. The lowest BCUT2D eigenvalue weighted by atomic mass is 9.88. The molecule has 26 heavy (non-hydrogen) atoms. The molecule has 0 N–H and O–H groups in total. The number of aryl methyl sites for hydroxylation is 1. The Morgan fingerprint density at radius 3 is 2.81 bits per heavy atom.